The van der Waals surface area contributed by atoms with E-state index < -0.39 is 0 Å². The van der Waals surface area contributed by atoms with E-state index >= 15 is 0 Å². The Hall–Kier alpha value is -1.50. The minimum atomic E-state index is 0.267. The number of rotatable bonds is 4. The summed E-state index contributed by atoms with van der Waals surface area (Å²) in [5.41, 5.74) is 0.770. The van der Waals surface area contributed by atoms with Gasteiger partial charge in [-0.2, -0.15) is 4.98 Å². The lowest BCUT2D eigenvalue weighted by Crippen LogP contribution is -2.32. The van der Waals surface area contributed by atoms with Crippen LogP contribution in [-0.4, -0.2) is 34.3 Å². The van der Waals surface area contributed by atoms with Gasteiger partial charge in [0.25, 0.3) is 5.89 Å². The second-order valence-corrected chi connectivity index (χ2v) is 5.03. The SMILES string of the molecule is Clc1ccc(-c2noc(COC3CCNCC3)n2)cn1. The quantitative estimate of drug-likeness (QED) is 0.870. The van der Waals surface area contributed by atoms with Crippen LogP contribution >= 0.6 is 11.6 Å². The second kappa shape index (κ2) is 6.30. The highest BCUT2D eigenvalue weighted by Gasteiger charge is 2.15. The molecule has 20 heavy (non-hydrogen) atoms. The first kappa shape index (κ1) is 13.5. The maximum atomic E-state index is 5.76. The molecule has 1 saturated heterocycles. The van der Waals surface area contributed by atoms with E-state index in [1.54, 1.807) is 18.3 Å². The fraction of sp³-hybridized carbons (Fsp3) is 0.462. The molecule has 3 heterocycles. The zero-order valence-corrected chi connectivity index (χ0v) is 11.6. The van der Waals surface area contributed by atoms with Crippen molar-refractivity contribution in [1.82, 2.24) is 20.4 Å². The van der Waals surface area contributed by atoms with E-state index in [2.05, 4.69) is 20.4 Å². The zero-order valence-electron chi connectivity index (χ0n) is 10.9. The molecule has 0 aliphatic carbocycles. The van der Waals surface area contributed by atoms with Crippen molar-refractivity contribution in [3.63, 3.8) is 0 Å². The average molecular weight is 295 g/mol. The first-order valence-electron chi connectivity index (χ1n) is 6.58. The Bertz CT molecular complexity index is 552. The van der Waals surface area contributed by atoms with Crippen LogP contribution in [0.1, 0.15) is 18.7 Å². The molecule has 0 atom stereocenters. The van der Waals surface area contributed by atoms with Crippen molar-refractivity contribution >= 4 is 11.6 Å². The fourth-order valence-corrected chi connectivity index (χ4v) is 2.20. The van der Waals surface area contributed by atoms with E-state index in [-0.39, 0.29) is 6.10 Å². The largest absolute Gasteiger partial charge is 0.368 e. The van der Waals surface area contributed by atoms with Crippen LogP contribution in [0.25, 0.3) is 11.4 Å². The molecule has 0 spiro atoms. The van der Waals surface area contributed by atoms with E-state index in [0.717, 1.165) is 31.5 Å². The van der Waals surface area contributed by atoms with Gasteiger partial charge >= 0.3 is 0 Å². The molecule has 7 heteroatoms. The number of hydrogen-bond acceptors (Lipinski definition) is 6. The average Bonchev–Trinajstić information content (AvgIpc) is 2.96. The normalized spacial score (nSPS) is 16.4. The van der Waals surface area contributed by atoms with Crippen molar-refractivity contribution in [3.8, 4) is 11.4 Å². The Labute approximate surface area is 121 Å². The number of nitrogens with zero attached hydrogens (tertiary/aromatic N) is 3. The molecule has 1 aliphatic rings. The van der Waals surface area contributed by atoms with Gasteiger partial charge in [-0.3, -0.25) is 0 Å². The summed E-state index contributed by atoms with van der Waals surface area (Å²) >= 11 is 5.74. The number of nitrogens with one attached hydrogen (secondary N) is 1. The molecule has 106 valence electrons. The summed E-state index contributed by atoms with van der Waals surface area (Å²) < 4.78 is 10.9. The number of aromatic nitrogens is 3. The van der Waals surface area contributed by atoms with Gasteiger partial charge in [0.1, 0.15) is 11.8 Å². The molecule has 1 fully saturated rings. The highest BCUT2D eigenvalue weighted by molar-refractivity contribution is 6.29. The summed E-state index contributed by atoms with van der Waals surface area (Å²) in [6.45, 7) is 2.34. The number of ether oxygens (including phenoxy) is 1. The van der Waals surface area contributed by atoms with Crippen LogP contribution in [0.2, 0.25) is 5.15 Å². The lowest BCUT2D eigenvalue weighted by atomic mass is 10.1. The number of piperidine rings is 1. The summed E-state index contributed by atoms with van der Waals surface area (Å²) in [4.78, 5) is 8.28. The maximum absolute atomic E-state index is 5.76. The lowest BCUT2D eigenvalue weighted by Gasteiger charge is -2.21. The monoisotopic (exact) mass is 294 g/mol. The van der Waals surface area contributed by atoms with Gasteiger partial charge in [0.15, 0.2) is 0 Å². The van der Waals surface area contributed by atoms with Crippen molar-refractivity contribution < 1.29 is 9.26 Å². The Kier molecular flexibility index (Phi) is 4.25. The molecule has 6 nitrogen and oxygen atoms in total. The van der Waals surface area contributed by atoms with Crippen LogP contribution in [0, 0.1) is 0 Å². The van der Waals surface area contributed by atoms with Crippen LogP contribution in [-0.2, 0) is 11.3 Å². The molecule has 1 aliphatic heterocycles. The Balaban J connectivity index is 1.60. The Morgan fingerprint density at radius 1 is 1.35 bits per heavy atom. The number of pyridine rings is 1. The van der Waals surface area contributed by atoms with Crippen LogP contribution in [0.15, 0.2) is 22.9 Å². The van der Waals surface area contributed by atoms with Gasteiger partial charge in [-0.25, -0.2) is 4.98 Å². The predicted molar refractivity (Wildman–Crippen MR) is 73.2 cm³/mol. The molecule has 0 bridgehead atoms. The lowest BCUT2D eigenvalue weighted by molar-refractivity contribution is 0.00859. The summed E-state index contributed by atoms with van der Waals surface area (Å²) in [6.07, 6.45) is 3.92. The first-order valence-corrected chi connectivity index (χ1v) is 6.96. The molecule has 2 aromatic rings. The van der Waals surface area contributed by atoms with Gasteiger partial charge in [-0.05, 0) is 38.1 Å². The highest BCUT2D eigenvalue weighted by atomic mass is 35.5. The highest BCUT2D eigenvalue weighted by Crippen LogP contribution is 2.17. The summed E-state index contributed by atoms with van der Waals surface area (Å²) in [6, 6.07) is 3.50. The molecule has 0 unspecified atom stereocenters. The van der Waals surface area contributed by atoms with Crippen molar-refractivity contribution in [1.29, 1.82) is 0 Å². The minimum Gasteiger partial charge on any atom is -0.368 e. The zero-order chi connectivity index (χ0) is 13.8. The van der Waals surface area contributed by atoms with Gasteiger partial charge in [0.2, 0.25) is 5.82 Å². The minimum absolute atomic E-state index is 0.267. The molecule has 0 aromatic carbocycles. The topological polar surface area (TPSA) is 73.1 Å². The predicted octanol–water partition coefficient (Wildman–Crippen LogP) is 2.05. The third-order valence-electron chi connectivity index (χ3n) is 3.18. The number of hydrogen-bond donors (Lipinski definition) is 1. The molecular weight excluding hydrogens is 280 g/mol. The summed E-state index contributed by atoms with van der Waals surface area (Å²) in [5.74, 6) is 0.978. The van der Waals surface area contributed by atoms with Gasteiger partial charge < -0.3 is 14.6 Å². The van der Waals surface area contributed by atoms with Crippen molar-refractivity contribution in [2.45, 2.75) is 25.6 Å². The van der Waals surface area contributed by atoms with Crippen LogP contribution in [0.3, 0.4) is 0 Å². The van der Waals surface area contributed by atoms with E-state index in [1.807, 2.05) is 0 Å². The molecule has 0 radical (unpaired) electrons. The van der Waals surface area contributed by atoms with E-state index in [0.29, 0.717) is 23.5 Å². The summed E-state index contributed by atoms with van der Waals surface area (Å²) in [7, 11) is 0. The van der Waals surface area contributed by atoms with Crippen molar-refractivity contribution in [3.05, 3.63) is 29.4 Å². The molecular formula is C13H15ClN4O2. The van der Waals surface area contributed by atoms with E-state index in [4.69, 9.17) is 20.9 Å². The van der Waals surface area contributed by atoms with E-state index in [1.165, 1.54) is 0 Å². The third-order valence-corrected chi connectivity index (χ3v) is 3.41. The summed E-state index contributed by atoms with van der Waals surface area (Å²) in [5, 5.41) is 7.65. The van der Waals surface area contributed by atoms with Gasteiger partial charge in [-0.1, -0.05) is 16.8 Å². The molecule has 0 saturated carbocycles. The van der Waals surface area contributed by atoms with Crippen molar-refractivity contribution in [2.75, 3.05) is 13.1 Å². The van der Waals surface area contributed by atoms with Crippen LogP contribution in [0.4, 0.5) is 0 Å². The number of halogens is 1. The smallest absolute Gasteiger partial charge is 0.252 e. The molecule has 0 amide bonds. The van der Waals surface area contributed by atoms with Gasteiger partial charge in [0, 0.05) is 11.8 Å². The first-order chi connectivity index (χ1) is 9.81. The third kappa shape index (κ3) is 3.33. The molecule has 1 N–H and O–H groups in total. The van der Waals surface area contributed by atoms with Crippen molar-refractivity contribution in [2.24, 2.45) is 0 Å². The van der Waals surface area contributed by atoms with Crippen LogP contribution in [0.5, 0.6) is 0 Å². The van der Waals surface area contributed by atoms with Gasteiger partial charge in [0.05, 0.1) is 6.10 Å². The Morgan fingerprint density at radius 2 is 2.20 bits per heavy atom. The second-order valence-electron chi connectivity index (χ2n) is 4.64. The molecule has 2 aromatic heterocycles. The Morgan fingerprint density at radius 3 is 2.95 bits per heavy atom. The van der Waals surface area contributed by atoms with Gasteiger partial charge in [-0.15, -0.1) is 0 Å². The van der Waals surface area contributed by atoms with Crippen LogP contribution < -0.4 is 5.32 Å². The molecule has 3 rings (SSSR count). The fourth-order valence-electron chi connectivity index (χ4n) is 2.09. The standard InChI is InChI=1S/C13H15ClN4O2/c14-11-2-1-9(7-16-11)13-17-12(20-18-13)8-19-10-3-5-15-6-4-10/h1-2,7,10,15H,3-6,8H2. The van der Waals surface area contributed by atoms with E-state index in [9.17, 15) is 0 Å². The maximum Gasteiger partial charge on any atom is 0.252 e.